The Hall–Kier alpha value is -1.95. The second kappa shape index (κ2) is 4.05. The fourth-order valence-corrected chi connectivity index (χ4v) is 1.45. The number of nitrogens with zero attached hydrogens (tertiary/aromatic N) is 2. The van der Waals surface area contributed by atoms with Crippen LogP contribution in [0.15, 0.2) is 30.5 Å². The number of rotatable bonds is 3. The van der Waals surface area contributed by atoms with E-state index in [-0.39, 0.29) is 0 Å². The predicted octanol–water partition coefficient (Wildman–Crippen LogP) is 2.17. The van der Waals surface area contributed by atoms with Crippen molar-refractivity contribution in [1.82, 2.24) is 4.73 Å². The molecule has 3 nitrogen and oxygen atoms in total. The summed E-state index contributed by atoms with van der Waals surface area (Å²) in [7, 11) is 0. The van der Waals surface area contributed by atoms with Crippen LogP contribution in [0.4, 0.5) is 0 Å². The Morgan fingerprint density at radius 3 is 3.00 bits per heavy atom. The standard InChI is InChI=1S/C12H11N2O/c1-2-7-15-14-6-5-11-4-3-10(9-13)8-12(11)14/h3-6,8H,1-2,7H2. The maximum Gasteiger partial charge on any atom is 0.115 e. The molecule has 0 unspecified atom stereocenters. The highest BCUT2D eigenvalue weighted by atomic mass is 16.7. The summed E-state index contributed by atoms with van der Waals surface area (Å²) in [5, 5.41) is 9.86. The molecule has 0 bridgehead atoms. The summed E-state index contributed by atoms with van der Waals surface area (Å²) in [6, 6.07) is 9.60. The van der Waals surface area contributed by atoms with E-state index >= 15 is 0 Å². The lowest BCUT2D eigenvalue weighted by Crippen LogP contribution is -2.10. The molecule has 1 radical (unpaired) electrons. The quantitative estimate of drug-likeness (QED) is 0.759. The van der Waals surface area contributed by atoms with E-state index in [1.54, 1.807) is 10.8 Å². The van der Waals surface area contributed by atoms with Crippen LogP contribution in [0.2, 0.25) is 0 Å². The lowest BCUT2D eigenvalue weighted by molar-refractivity contribution is 0.124. The van der Waals surface area contributed by atoms with Crippen LogP contribution < -0.4 is 4.84 Å². The predicted molar refractivity (Wildman–Crippen MR) is 58.1 cm³/mol. The second-order valence-corrected chi connectivity index (χ2v) is 3.21. The third-order valence-corrected chi connectivity index (χ3v) is 2.16. The lowest BCUT2D eigenvalue weighted by atomic mass is 10.2. The van der Waals surface area contributed by atoms with E-state index in [4.69, 9.17) is 10.1 Å². The number of hydrogen-bond donors (Lipinski definition) is 0. The molecule has 75 valence electrons. The zero-order chi connectivity index (χ0) is 10.7. The van der Waals surface area contributed by atoms with Gasteiger partial charge in [-0.3, -0.25) is 0 Å². The van der Waals surface area contributed by atoms with E-state index in [9.17, 15) is 0 Å². The molecule has 0 N–H and O–H groups in total. The van der Waals surface area contributed by atoms with Gasteiger partial charge in [-0.2, -0.15) is 9.99 Å². The van der Waals surface area contributed by atoms with Gasteiger partial charge in [0.05, 0.1) is 17.1 Å². The molecule has 0 spiro atoms. The van der Waals surface area contributed by atoms with Gasteiger partial charge in [-0.1, -0.05) is 6.07 Å². The van der Waals surface area contributed by atoms with Crippen molar-refractivity contribution < 1.29 is 4.84 Å². The Morgan fingerprint density at radius 2 is 2.27 bits per heavy atom. The smallest absolute Gasteiger partial charge is 0.115 e. The second-order valence-electron chi connectivity index (χ2n) is 3.21. The molecule has 0 saturated heterocycles. The molecule has 0 amide bonds. The molecule has 2 aromatic rings. The van der Waals surface area contributed by atoms with Crippen molar-refractivity contribution >= 4 is 10.9 Å². The molecule has 0 aliphatic carbocycles. The molecule has 0 aliphatic heterocycles. The van der Waals surface area contributed by atoms with E-state index in [0.29, 0.717) is 12.2 Å². The minimum atomic E-state index is 0.570. The highest BCUT2D eigenvalue weighted by Crippen LogP contribution is 2.16. The van der Waals surface area contributed by atoms with Crippen LogP contribution in [0.5, 0.6) is 0 Å². The normalized spacial score (nSPS) is 10.1. The third-order valence-electron chi connectivity index (χ3n) is 2.16. The molecule has 1 heterocycles. The molecule has 0 aliphatic rings. The number of hydrogen-bond acceptors (Lipinski definition) is 2. The van der Waals surface area contributed by atoms with Crippen molar-refractivity contribution in [2.45, 2.75) is 6.42 Å². The molecule has 0 saturated carbocycles. The molecular formula is C12H11N2O. The van der Waals surface area contributed by atoms with Crippen LogP contribution in [-0.4, -0.2) is 11.3 Å². The molecule has 1 aromatic carbocycles. The van der Waals surface area contributed by atoms with Gasteiger partial charge in [-0.25, -0.2) is 0 Å². The first-order valence-electron chi connectivity index (χ1n) is 4.79. The van der Waals surface area contributed by atoms with E-state index in [1.807, 2.05) is 24.4 Å². The van der Waals surface area contributed by atoms with Crippen LogP contribution in [0, 0.1) is 18.3 Å². The average Bonchev–Trinajstić information content (AvgIpc) is 2.68. The van der Waals surface area contributed by atoms with E-state index in [2.05, 4.69) is 13.0 Å². The van der Waals surface area contributed by atoms with E-state index in [1.165, 1.54) is 0 Å². The number of benzene rings is 1. The highest BCUT2D eigenvalue weighted by Gasteiger charge is 2.02. The Morgan fingerprint density at radius 1 is 1.40 bits per heavy atom. The van der Waals surface area contributed by atoms with Gasteiger partial charge in [-0.05, 0) is 31.5 Å². The summed E-state index contributed by atoms with van der Waals surface area (Å²) in [5.74, 6) is 0. The molecule has 15 heavy (non-hydrogen) atoms. The molecule has 0 fully saturated rings. The van der Waals surface area contributed by atoms with Gasteiger partial charge in [0, 0.05) is 11.6 Å². The first-order valence-corrected chi connectivity index (χ1v) is 4.79. The average molecular weight is 199 g/mol. The summed E-state index contributed by atoms with van der Waals surface area (Å²) in [4.78, 5) is 5.45. The Kier molecular flexibility index (Phi) is 2.59. The summed E-state index contributed by atoms with van der Waals surface area (Å²) < 4.78 is 1.68. The van der Waals surface area contributed by atoms with Crippen molar-refractivity contribution in [3.63, 3.8) is 0 Å². The third kappa shape index (κ3) is 1.79. The van der Waals surface area contributed by atoms with Crippen LogP contribution in [-0.2, 0) is 0 Å². The molecule has 1 aromatic heterocycles. The zero-order valence-electron chi connectivity index (χ0n) is 8.31. The maximum absolute atomic E-state index is 8.79. The highest BCUT2D eigenvalue weighted by molar-refractivity contribution is 5.81. The monoisotopic (exact) mass is 199 g/mol. The van der Waals surface area contributed by atoms with Gasteiger partial charge >= 0.3 is 0 Å². The van der Waals surface area contributed by atoms with Gasteiger partial charge in [0.1, 0.15) is 6.61 Å². The fraction of sp³-hybridized carbons (Fsp3) is 0.167. The number of nitriles is 1. The van der Waals surface area contributed by atoms with Gasteiger partial charge < -0.3 is 4.84 Å². The minimum Gasteiger partial charge on any atom is -0.414 e. The largest absolute Gasteiger partial charge is 0.414 e. The summed E-state index contributed by atoms with van der Waals surface area (Å²) in [6.45, 7) is 4.28. The molecule has 2 rings (SSSR count). The maximum atomic E-state index is 8.79. The summed E-state index contributed by atoms with van der Waals surface area (Å²) in [6.07, 6.45) is 2.57. The van der Waals surface area contributed by atoms with E-state index < -0.39 is 0 Å². The van der Waals surface area contributed by atoms with Crippen molar-refractivity contribution in [1.29, 1.82) is 5.26 Å². The van der Waals surface area contributed by atoms with Gasteiger partial charge in [0.2, 0.25) is 0 Å². The zero-order valence-corrected chi connectivity index (χ0v) is 8.31. The van der Waals surface area contributed by atoms with E-state index in [0.717, 1.165) is 17.3 Å². The Balaban J connectivity index is 2.43. The van der Waals surface area contributed by atoms with Gasteiger partial charge in [0.15, 0.2) is 0 Å². The van der Waals surface area contributed by atoms with Crippen molar-refractivity contribution in [3.8, 4) is 6.07 Å². The van der Waals surface area contributed by atoms with Crippen molar-refractivity contribution in [2.24, 2.45) is 0 Å². The van der Waals surface area contributed by atoms with Crippen molar-refractivity contribution in [2.75, 3.05) is 6.61 Å². The van der Waals surface area contributed by atoms with Crippen molar-refractivity contribution in [3.05, 3.63) is 42.9 Å². The van der Waals surface area contributed by atoms with Gasteiger partial charge in [0.25, 0.3) is 0 Å². The van der Waals surface area contributed by atoms with Crippen LogP contribution >= 0.6 is 0 Å². The minimum absolute atomic E-state index is 0.570. The SMILES string of the molecule is [CH2]CCOn1ccc2ccc(C#N)cc21. The van der Waals surface area contributed by atoms with Crippen LogP contribution in [0.1, 0.15) is 12.0 Å². The van der Waals surface area contributed by atoms with Crippen LogP contribution in [0.3, 0.4) is 0 Å². The van der Waals surface area contributed by atoms with Gasteiger partial charge in [-0.15, -0.1) is 0 Å². The lowest BCUT2D eigenvalue weighted by Gasteiger charge is -2.06. The molecular weight excluding hydrogens is 188 g/mol. The first-order chi connectivity index (χ1) is 7.35. The fourth-order valence-electron chi connectivity index (χ4n) is 1.45. The number of fused-ring (bicyclic) bond motifs is 1. The summed E-state index contributed by atoms with van der Waals surface area (Å²) >= 11 is 0. The van der Waals surface area contributed by atoms with Crippen LogP contribution in [0.25, 0.3) is 10.9 Å². The molecule has 0 atom stereocenters. The summed E-state index contributed by atoms with van der Waals surface area (Å²) in [5.41, 5.74) is 1.56. The Labute approximate surface area is 88.5 Å². The first kappa shape index (κ1) is 9.60. The number of aromatic nitrogens is 1. The Bertz CT molecular complexity index is 508. The topological polar surface area (TPSA) is 38.0 Å². The molecule has 3 heteroatoms.